The molecule has 2 aromatic carbocycles. The van der Waals surface area contributed by atoms with Gasteiger partial charge in [0.2, 0.25) is 21.7 Å². The standard InChI is InChI=1S/C21H23N3O8S/c1-13(24-33(26,27)15-8-6-5-7-9-15)21(25)31-12-18-22-23-20(32-18)14-10-16(28-2)19(30-4)17(11-14)29-3/h5-11,13,24H,12H2,1-4H3. The molecule has 1 unspecified atom stereocenters. The van der Waals surface area contributed by atoms with Gasteiger partial charge in [0, 0.05) is 5.56 Å². The van der Waals surface area contributed by atoms with E-state index in [1.807, 2.05) is 0 Å². The second-order valence-corrected chi connectivity index (χ2v) is 8.39. The predicted octanol–water partition coefficient (Wildman–Crippen LogP) is 2.17. The lowest BCUT2D eigenvalue weighted by Gasteiger charge is -2.13. The number of rotatable bonds is 10. The monoisotopic (exact) mass is 477 g/mol. The molecule has 176 valence electrons. The van der Waals surface area contributed by atoms with E-state index in [-0.39, 0.29) is 23.3 Å². The second kappa shape index (κ2) is 10.3. The second-order valence-electron chi connectivity index (χ2n) is 6.68. The van der Waals surface area contributed by atoms with Gasteiger partial charge in [-0.15, -0.1) is 10.2 Å². The molecule has 0 saturated heterocycles. The van der Waals surface area contributed by atoms with Crippen LogP contribution in [0.4, 0.5) is 0 Å². The first-order valence-electron chi connectivity index (χ1n) is 9.65. The first-order valence-corrected chi connectivity index (χ1v) is 11.1. The fourth-order valence-electron chi connectivity index (χ4n) is 2.84. The third-order valence-corrected chi connectivity index (χ3v) is 6.01. The summed E-state index contributed by atoms with van der Waals surface area (Å²) in [5, 5.41) is 7.80. The van der Waals surface area contributed by atoms with Crippen molar-refractivity contribution in [3.05, 3.63) is 48.4 Å². The van der Waals surface area contributed by atoms with Crippen LogP contribution >= 0.6 is 0 Å². The summed E-state index contributed by atoms with van der Waals surface area (Å²) >= 11 is 0. The molecule has 1 atom stereocenters. The number of ether oxygens (including phenoxy) is 4. The Kier molecular flexibility index (Phi) is 7.51. The quantitative estimate of drug-likeness (QED) is 0.432. The molecule has 11 nitrogen and oxygen atoms in total. The molecule has 12 heteroatoms. The summed E-state index contributed by atoms with van der Waals surface area (Å²) in [5.41, 5.74) is 0.499. The van der Waals surface area contributed by atoms with Gasteiger partial charge in [0.05, 0.1) is 26.2 Å². The van der Waals surface area contributed by atoms with Crippen molar-refractivity contribution in [1.82, 2.24) is 14.9 Å². The maximum Gasteiger partial charge on any atom is 0.324 e. The number of nitrogens with zero attached hydrogens (tertiary/aromatic N) is 2. The minimum absolute atomic E-state index is 0.0187. The first kappa shape index (κ1) is 24.0. The van der Waals surface area contributed by atoms with Crippen molar-refractivity contribution >= 4 is 16.0 Å². The Hall–Kier alpha value is -3.64. The lowest BCUT2D eigenvalue weighted by atomic mass is 10.2. The number of methoxy groups -OCH3 is 3. The predicted molar refractivity (Wildman–Crippen MR) is 115 cm³/mol. The van der Waals surface area contributed by atoms with E-state index >= 15 is 0 Å². The highest BCUT2D eigenvalue weighted by molar-refractivity contribution is 7.89. The van der Waals surface area contributed by atoms with Crippen molar-refractivity contribution in [2.75, 3.05) is 21.3 Å². The van der Waals surface area contributed by atoms with Crippen LogP contribution < -0.4 is 18.9 Å². The number of hydrogen-bond donors (Lipinski definition) is 1. The lowest BCUT2D eigenvalue weighted by Crippen LogP contribution is -2.39. The molecule has 0 aliphatic rings. The lowest BCUT2D eigenvalue weighted by molar-refractivity contribution is -0.147. The summed E-state index contributed by atoms with van der Waals surface area (Å²) in [4.78, 5) is 12.3. The smallest absolute Gasteiger partial charge is 0.324 e. The van der Waals surface area contributed by atoms with Crippen molar-refractivity contribution in [3.8, 4) is 28.7 Å². The number of sulfonamides is 1. The van der Waals surface area contributed by atoms with E-state index in [1.165, 1.54) is 40.4 Å². The Morgan fingerprint density at radius 3 is 2.24 bits per heavy atom. The minimum Gasteiger partial charge on any atom is -0.493 e. The van der Waals surface area contributed by atoms with Crippen molar-refractivity contribution in [2.24, 2.45) is 0 Å². The summed E-state index contributed by atoms with van der Waals surface area (Å²) in [6.45, 7) is 1.03. The number of carbonyl (C=O) groups excluding carboxylic acids is 1. The van der Waals surface area contributed by atoms with E-state index in [9.17, 15) is 13.2 Å². The first-order chi connectivity index (χ1) is 15.8. The van der Waals surface area contributed by atoms with Crippen molar-refractivity contribution < 1.29 is 36.6 Å². The molecule has 33 heavy (non-hydrogen) atoms. The van der Waals surface area contributed by atoms with E-state index in [2.05, 4.69) is 14.9 Å². The van der Waals surface area contributed by atoms with E-state index < -0.39 is 22.0 Å². The van der Waals surface area contributed by atoms with Gasteiger partial charge in [-0.25, -0.2) is 8.42 Å². The van der Waals surface area contributed by atoms with Gasteiger partial charge in [0.1, 0.15) is 6.04 Å². The van der Waals surface area contributed by atoms with E-state index in [1.54, 1.807) is 30.3 Å². The van der Waals surface area contributed by atoms with Crippen molar-refractivity contribution in [3.63, 3.8) is 0 Å². The zero-order chi connectivity index (χ0) is 24.0. The van der Waals surface area contributed by atoms with Crippen LogP contribution in [0.15, 0.2) is 51.8 Å². The topological polar surface area (TPSA) is 139 Å². The van der Waals surface area contributed by atoms with E-state index in [4.69, 9.17) is 23.4 Å². The molecule has 3 rings (SSSR count). The number of hydrogen-bond acceptors (Lipinski definition) is 10. The van der Waals surface area contributed by atoms with Crippen molar-refractivity contribution in [1.29, 1.82) is 0 Å². The van der Waals surface area contributed by atoms with Crippen LogP contribution in [0.5, 0.6) is 17.2 Å². The largest absolute Gasteiger partial charge is 0.493 e. The van der Waals surface area contributed by atoms with Gasteiger partial charge in [0.25, 0.3) is 5.89 Å². The van der Waals surface area contributed by atoms with Crippen LogP contribution in [0.2, 0.25) is 0 Å². The molecule has 0 amide bonds. The van der Waals surface area contributed by atoms with Crippen LogP contribution in [0.3, 0.4) is 0 Å². The molecular weight excluding hydrogens is 454 g/mol. The molecule has 0 aliphatic heterocycles. The third kappa shape index (κ3) is 5.59. The number of esters is 1. The fourth-order valence-corrected chi connectivity index (χ4v) is 4.05. The average molecular weight is 477 g/mol. The third-order valence-electron chi connectivity index (χ3n) is 4.46. The Balaban J connectivity index is 1.66. The molecule has 1 N–H and O–H groups in total. The van der Waals surface area contributed by atoms with Gasteiger partial charge in [-0.1, -0.05) is 18.2 Å². The van der Waals surface area contributed by atoms with Gasteiger partial charge in [-0.3, -0.25) is 4.79 Å². The van der Waals surface area contributed by atoms with Crippen LogP contribution in [0.1, 0.15) is 12.8 Å². The molecular formula is C21H23N3O8S. The number of carbonyl (C=O) groups is 1. The molecule has 0 bridgehead atoms. The summed E-state index contributed by atoms with van der Waals surface area (Å²) < 4.78 is 53.5. The molecule has 0 saturated carbocycles. The molecule has 1 aromatic heterocycles. The number of aromatic nitrogens is 2. The zero-order valence-corrected chi connectivity index (χ0v) is 19.2. The normalized spacial score (nSPS) is 12.1. The fraction of sp³-hybridized carbons (Fsp3) is 0.286. The van der Waals surface area contributed by atoms with Crippen LogP contribution in [-0.2, 0) is 26.2 Å². The number of benzene rings is 2. The van der Waals surface area contributed by atoms with Gasteiger partial charge < -0.3 is 23.4 Å². The molecule has 0 spiro atoms. The zero-order valence-electron chi connectivity index (χ0n) is 18.4. The van der Waals surface area contributed by atoms with Crippen LogP contribution in [-0.4, -0.2) is 52.0 Å². The molecule has 0 aliphatic carbocycles. The highest BCUT2D eigenvalue weighted by Crippen LogP contribution is 2.40. The van der Waals surface area contributed by atoms with Gasteiger partial charge >= 0.3 is 5.97 Å². The summed E-state index contributed by atoms with van der Waals surface area (Å²) in [6, 6.07) is 9.82. The highest BCUT2D eigenvalue weighted by atomic mass is 32.2. The minimum atomic E-state index is -3.87. The average Bonchev–Trinajstić information content (AvgIpc) is 3.30. The molecule has 0 radical (unpaired) electrons. The highest BCUT2D eigenvalue weighted by Gasteiger charge is 2.24. The molecule has 3 aromatic rings. The van der Waals surface area contributed by atoms with Crippen LogP contribution in [0, 0.1) is 0 Å². The summed E-state index contributed by atoms with van der Waals surface area (Å²) in [5.74, 6) is 0.560. The Morgan fingerprint density at radius 2 is 1.67 bits per heavy atom. The Bertz CT molecular complexity index is 1190. The van der Waals surface area contributed by atoms with Crippen LogP contribution in [0.25, 0.3) is 11.5 Å². The van der Waals surface area contributed by atoms with Gasteiger partial charge in [-0.05, 0) is 31.2 Å². The molecule has 1 heterocycles. The maximum absolute atomic E-state index is 12.3. The maximum atomic E-state index is 12.3. The van der Waals surface area contributed by atoms with Gasteiger partial charge in [0.15, 0.2) is 18.1 Å². The summed E-state index contributed by atoms with van der Waals surface area (Å²) in [7, 11) is 0.570. The van der Waals surface area contributed by atoms with E-state index in [0.717, 1.165) is 0 Å². The Morgan fingerprint density at radius 1 is 1.03 bits per heavy atom. The van der Waals surface area contributed by atoms with Crippen molar-refractivity contribution in [2.45, 2.75) is 24.5 Å². The number of nitrogens with one attached hydrogen (secondary N) is 1. The SMILES string of the molecule is COc1cc(-c2nnc(COC(=O)C(C)NS(=O)(=O)c3ccccc3)o2)cc(OC)c1OC. The summed E-state index contributed by atoms with van der Waals surface area (Å²) in [6.07, 6.45) is 0. The van der Waals surface area contributed by atoms with Gasteiger partial charge in [-0.2, -0.15) is 4.72 Å². The Labute approximate surface area is 190 Å². The van der Waals surface area contributed by atoms with E-state index in [0.29, 0.717) is 22.8 Å². The molecule has 0 fully saturated rings.